The molecule has 100 valence electrons. The van der Waals surface area contributed by atoms with Crippen LogP contribution in [-0.4, -0.2) is 16.5 Å². The van der Waals surface area contributed by atoms with E-state index in [0.717, 1.165) is 13.0 Å². The maximum absolute atomic E-state index is 11.1. The van der Waals surface area contributed by atoms with Crippen molar-refractivity contribution in [3.8, 4) is 10.6 Å². The van der Waals surface area contributed by atoms with Gasteiger partial charge in [-0.1, -0.05) is 18.5 Å². The van der Waals surface area contributed by atoms with Crippen LogP contribution in [0, 0.1) is 10.1 Å². The lowest BCUT2D eigenvalue weighted by molar-refractivity contribution is -0.384. The minimum Gasteiger partial charge on any atom is -0.370 e. The highest BCUT2D eigenvalue weighted by molar-refractivity contribution is 7.14. The van der Waals surface area contributed by atoms with E-state index in [1.165, 1.54) is 17.4 Å². The molecule has 5 nitrogen and oxygen atoms in total. The summed E-state index contributed by atoms with van der Waals surface area (Å²) in [5.74, 6) is 0.618. The summed E-state index contributed by atoms with van der Waals surface area (Å²) < 4.78 is 0. The van der Waals surface area contributed by atoms with Gasteiger partial charge in [-0.05, 0) is 23.9 Å². The lowest BCUT2D eigenvalue weighted by atomic mass is 10.2. The molecule has 1 N–H and O–H groups in total. The van der Waals surface area contributed by atoms with Crippen molar-refractivity contribution in [2.75, 3.05) is 11.9 Å². The van der Waals surface area contributed by atoms with Gasteiger partial charge in [0.2, 0.25) is 0 Å². The smallest absolute Gasteiger partial charge is 0.296 e. The summed E-state index contributed by atoms with van der Waals surface area (Å²) in [6, 6.07) is 4.77. The first kappa shape index (κ1) is 13.8. The molecular formula is C12H12ClN3O2S. The van der Waals surface area contributed by atoms with Crippen LogP contribution in [0.2, 0.25) is 5.02 Å². The van der Waals surface area contributed by atoms with Crippen molar-refractivity contribution >= 4 is 34.4 Å². The van der Waals surface area contributed by atoms with E-state index in [-0.39, 0.29) is 5.69 Å². The molecule has 2 heterocycles. The summed E-state index contributed by atoms with van der Waals surface area (Å²) in [6.07, 6.45) is 0.952. The fourth-order valence-electron chi connectivity index (χ4n) is 1.58. The van der Waals surface area contributed by atoms with Gasteiger partial charge < -0.3 is 5.32 Å². The number of nitrogens with zero attached hydrogens (tertiary/aromatic N) is 2. The summed E-state index contributed by atoms with van der Waals surface area (Å²) in [6.45, 7) is 2.80. The number of thiophene rings is 1. The summed E-state index contributed by atoms with van der Waals surface area (Å²) in [4.78, 5) is 15.5. The van der Waals surface area contributed by atoms with Crippen LogP contribution in [0.1, 0.15) is 13.3 Å². The molecule has 0 spiro atoms. The minimum absolute atomic E-state index is 0.0357. The molecule has 0 fully saturated rings. The fourth-order valence-corrected chi connectivity index (χ4v) is 2.72. The van der Waals surface area contributed by atoms with E-state index in [9.17, 15) is 10.1 Å². The Morgan fingerprint density at radius 3 is 2.84 bits per heavy atom. The Bertz CT molecular complexity index is 600. The molecule has 2 aromatic rings. The monoisotopic (exact) mass is 297 g/mol. The average Bonchev–Trinajstić information content (AvgIpc) is 2.82. The molecule has 0 saturated carbocycles. The van der Waals surface area contributed by atoms with Crippen molar-refractivity contribution in [3.05, 3.63) is 38.7 Å². The molecular weight excluding hydrogens is 286 g/mol. The van der Waals surface area contributed by atoms with Gasteiger partial charge in [-0.25, -0.2) is 4.98 Å². The Balaban J connectivity index is 2.48. The Morgan fingerprint density at radius 2 is 2.26 bits per heavy atom. The number of nitro groups is 1. The van der Waals surface area contributed by atoms with Crippen molar-refractivity contribution in [3.63, 3.8) is 0 Å². The van der Waals surface area contributed by atoms with Gasteiger partial charge in [-0.15, -0.1) is 11.3 Å². The lowest BCUT2D eigenvalue weighted by Gasteiger charge is -2.06. The molecule has 2 aromatic heterocycles. The predicted molar refractivity (Wildman–Crippen MR) is 78.0 cm³/mol. The van der Waals surface area contributed by atoms with Crippen LogP contribution in [0.15, 0.2) is 23.6 Å². The Kier molecular flexibility index (Phi) is 4.34. The van der Waals surface area contributed by atoms with Crippen LogP contribution in [0.5, 0.6) is 0 Å². The fraction of sp³-hybridized carbons (Fsp3) is 0.250. The van der Waals surface area contributed by atoms with Crippen molar-refractivity contribution in [2.45, 2.75) is 13.3 Å². The molecule has 0 aliphatic rings. The van der Waals surface area contributed by atoms with Crippen LogP contribution in [0.25, 0.3) is 10.6 Å². The van der Waals surface area contributed by atoms with E-state index in [1.807, 2.05) is 6.92 Å². The quantitative estimate of drug-likeness (QED) is 0.663. The molecule has 0 radical (unpaired) electrons. The van der Waals surface area contributed by atoms with E-state index in [1.54, 1.807) is 17.5 Å². The van der Waals surface area contributed by atoms with E-state index >= 15 is 0 Å². The van der Waals surface area contributed by atoms with Crippen LogP contribution < -0.4 is 5.32 Å². The summed E-state index contributed by atoms with van der Waals surface area (Å²) in [5, 5.41) is 16.4. The standard InChI is InChI=1S/C12H12ClN3O2S/c1-2-6-14-10-4-3-9(16(17)18)11(15-10)12-8(13)5-7-19-12/h3-5,7H,2,6H2,1H3,(H,14,15). The predicted octanol–water partition coefficient (Wildman–Crippen LogP) is 4.19. The molecule has 0 amide bonds. The molecule has 2 rings (SSSR count). The summed E-state index contributed by atoms with van der Waals surface area (Å²) in [7, 11) is 0. The average molecular weight is 298 g/mol. The molecule has 0 aliphatic carbocycles. The third-order valence-corrected chi connectivity index (χ3v) is 3.81. The number of pyridine rings is 1. The molecule has 0 saturated heterocycles. The SMILES string of the molecule is CCCNc1ccc([N+](=O)[O-])c(-c2sccc2Cl)n1. The second-order valence-corrected chi connectivity index (χ2v) is 5.17. The number of hydrogen-bond acceptors (Lipinski definition) is 5. The van der Waals surface area contributed by atoms with Gasteiger partial charge in [-0.3, -0.25) is 10.1 Å². The zero-order chi connectivity index (χ0) is 13.8. The van der Waals surface area contributed by atoms with Crippen LogP contribution in [-0.2, 0) is 0 Å². The Morgan fingerprint density at radius 1 is 1.47 bits per heavy atom. The second kappa shape index (κ2) is 5.99. The van der Waals surface area contributed by atoms with Crippen molar-refractivity contribution < 1.29 is 4.92 Å². The number of aromatic nitrogens is 1. The van der Waals surface area contributed by atoms with Gasteiger partial charge in [-0.2, -0.15) is 0 Å². The maximum Gasteiger partial charge on any atom is 0.296 e. The topological polar surface area (TPSA) is 68.1 Å². The van der Waals surface area contributed by atoms with E-state index < -0.39 is 4.92 Å². The van der Waals surface area contributed by atoms with Crippen molar-refractivity contribution in [2.24, 2.45) is 0 Å². The summed E-state index contributed by atoms with van der Waals surface area (Å²) >= 11 is 7.38. The molecule has 0 atom stereocenters. The molecule has 0 aliphatic heterocycles. The van der Waals surface area contributed by atoms with Crippen LogP contribution in [0.4, 0.5) is 11.5 Å². The van der Waals surface area contributed by atoms with Gasteiger partial charge in [0.05, 0.1) is 14.8 Å². The minimum atomic E-state index is -0.442. The third kappa shape index (κ3) is 3.02. The van der Waals surface area contributed by atoms with Crippen molar-refractivity contribution in [1.29, 1.82) is 0 Å². The number of rotatable bonds is 5. The number of hydrogen-bond donors (Lipinski definition) is 1. The Hall–Kier alpha value is -1.66. The van der Waals surface area contributed by atoms with E-state index in [4.69, 9.17) is 11.6 Å². The van der Waals surface area contributed by atoms with Crippen LogP contribution in [0.3, 0.4) is 0 Å². The van der Waals surface area contributed by atoms with Gasteiger partial charge in [0.15, 0.2) is 5.69 Å². The number of nitrogens with one attached hydrogen (secondary N) is 1. The van der Waals surface area contributed by atoms with Crippen molar-refractivity contribution in [1.82, 2.24) is 4.98 Å². The highest BCUT2D eigenvalue weighted by atomic mass is 35.5. The third-order valence-electron chi connectivity index (χ3n) is 2.46. The maximum atomic E-state index is 11.1. The lowest BCUT2D eigenvalue weighted by Crippen LogP contribution is -2.03. The largest absolute Gasteiger partial charge is 0.370 e. The van der Waals surface area contributed by atoms with Crippen LogP contribution >= 0.6 is 22.9 Å². The van der Waals surface area contributed by atoms with E-state index in [2.05, 4.69) is 10.3 Å². The highest BCUT2D eigenvalue weighted by Gasteiger charge is 2.20. The van der Waals surface area contributed by atoms with Gasteiger partial charge >= 0.3 is 0 Å². The number of anilines is 1. The van der Waals surface area contributed by atoms with Gasteiger partial charge in [0, 0.05) is 12.6 Å². The zero-order valence-electron chi connectivity index (χ0n) is 10.2. The first-order valence-electron chi connectivity index (χ1n) is 5.76. The van der Waals surface area contributed by atoms with Gasteiger partial charge in [0.25, 0.3) is 5.69 Å². The molecule has 0 aromatic carbocycles. The second-order valence-electron chi connectivity index (χ2n) is 3.85. The van der Waals surface area contributed by atoms with E-state index in [0.29, 0.717) is 21.4 Å². The summed E-state index contributed by atoms with van der Waals surface area (Å²) in [5.41, 5.74) is 0.275. The van der Waals surface area contributed by atoms with Gasteiger partial charge in [0.1, 0.15) is 5.82 Å². The molecule has 7 heteroatoms. The molecule has 19 heavy (non-hydrogen) atoms. The normalized spacial score (nSPS) is 10.4. The Labute approximate surface area is 119 Å². The molecule has 0 bridgehead atoms. The zero-order valence-corrected chi connectivity index (χ0v) is 11.8. The number of halogens is 1. The highest BCUT2D eigenvalue weighted by Crippen LogP contribution is 2.37. The first-order chi connectivity index (χ1) is 9.13. The molecule has 0 unspecified atom stereocenters. The first-order valence-corrected chi connectivity index (χ1v) is 7.02.